The van der Waals surface area contributed by atoms with E-state index in [1.807, 2.05) is 0 Å². The fraction of sp³-hybridized carbons (Fsp3) is 0.688. The number of hydrogen-bond donors (Lipinski definition) is 0. The van der Waals surface area contributed by atoms with Gasteiger partial charge >= 0.3 is 0 Å². The lowest BCUT2D eigenvalue weighted by molar-refractivity contribution is 0.213. The molecule has 36 heavy (non-hydrogen) atoms. The molecule has 0 aromatic heterocycles. The van der Waals surface area contributed by atoms with Crippen molar-refractivity contribution in [3.8, 4) is 5.75 Å². The quantitative estimate of drug-likeness (QED) is 0.186. The maximum atomic E-state index is 5.58. The summed E-state index contributed by atoms with van der Waals surface area (Å²) >= 11 is 4.22. The first kappa shape index (κ1) is 29.6. The van der Waals surface area contributed by atoms with Crippen LogP contribution in [0.2, 0.25) is 0 Å². The highest BCUT2D eigenvalue weighted by Crippen LogP contribution is 2.54. The van der Waals surface area contributed by atoms with Crippen molar-refractivity contribution in [2.45, 2.75) is 96.3 Å². The minimum absolute atomic E-state index is 0.187. The molecule has 4 heteroatoms. The van der Waals surface area contributed by atoms with Crippen LogP contribution in [0, 0.1) is 11.8 Å². The van der Waals surface area contributed by atoms with Crippen LogP contribution in [0.1, 0.15) is 96.5 Å². The highest BCUT2D eigenvalue weighted by Gasteiger charge is 2.45. The molecule has 2 nitrogen and oxygen atoms in total. The molecule has 1 aliphatic heterocycles. The second-order valence-electron chi connectivity index (χ2n) is 10.8. The number of hydrogen-bond acceptors (Lipinski definition) is 4. The summed E-state index contributed by atoms with van der Waals surface area (Å²) in [6.07, 6.45) is 20.9. The molecule has 1 aromatic carbocycles. The number of ether oxygens (including phenoxy) is 2. The van der Waals surface area contributed by atoms with Crippen LogP contribution in [-0.4, -0.2) is 31.5 Å². The Kier molecular flexibility index (Phi) is 13.2. The summed E-state index contributed by atoms with van der Waals surface area (Å²) in [6, 6.07) is 8.90. The minimum atomic E-state index is 0.187. The average molecular weight is 531 g/mol. The number of thioether (sulfide) groups is 2. The average Bonchev–Trinajstić information content (AvgIpc) is 2.92. The SMILES string of the molecule is CCCCCSCCCCCCCCCC1C2CC=C(OC)C=C2SCC1(C)c1ccc(OC)cc1. The summed E-state index contributed by atoms with van der Waals surface area (Å²) in [5.41, 5.74) is 1.65. The van der Waals surface area contributed by atoms with Crippen molar-refractivity contribution in [2.75, 3.05) is 31.5 Å². The molecule has 202 valence electrons. The molecule has 0 radical (unpaired) electrons. The molecule has 1 aliphatic carbocycles. The summed E-state index contributed by atoms with van der Waals surface area (Å²) in [5.74, 6) is 7.14. The number of allylic oxidation sites excluding steroid dienone is 3. The van der Waals surface area contributed by atoms with Crippen LogP contribution in [0.3, 0.4) is 0 Å². The lowest BCUT2D eigenvalue weighted by Gasteiger charge is -2.48. The Balaban J connectivity index is 1.47. The Hall–Kier alpha value is -1.00. The van der Waals surface area contributed by atoms with E-state index in [0.29, 0.717) is 11.8 Å². The predicted octanol–water partition coefficient (Wildman–Crippen LogP) is 9.79. The molecular weight excluding hydrogens is 480 g/mol. The smallest absolute Gasteiger partial charge is 0.118 e. The van der Waals surface area contributed by atoms with E-state index in [9.17, 15) is 0 Å². The van der Waals surface area contributed by atoms with Gasteiger partial charge < -0.3 is 9.47 Å². The third kappa shape index (κ3) is 8.51. The van der Waals surface area contributed by atoms with Gasteiger partial charge in [0.15, 0.2) is 0 Å². The number of unbranched alkanes of at least 4 members (excludes halogenated alkanes) is 8. The van der Waals surface area contributed by atoms with Crippen LogP contribution in [-0.2, 0) is 10.2 Å². The van der Waals surface area contributed by atoms with Gasteiger partial charge in [0.05, 0.1) is 14.2 Å². The Labute approximate surface area is 230 Å². The maximum absolute atomic E-state index is 5.58. The van der Waals surface area contributed by atoms with Crippen LogP contribution in [0.5, 0.6) is 5.75 Å². The van der Waals surface area contributed by atoms with Gasteiger partial charge in [-0.05, 0) is 83.8 Å². The topological polar surface area (TPSA) is 18.5 Å². The van der Waals surface area contributed by atoms with Gasteiger partial charge in [-0.1, -0.05) is 77.3 Å². The Morgan fingerprint density at radius 3 is 2.22 bits per heavy atom. The molecule has 1 saturated heterocycles. The van der Waals surface area contributed by atoms with Gasteiger partial charge in [0, 0.05) is 11.2 Å². The standard InChI is InChI=1S/C32H50O2S2/c1-5-6-13-22-35-23-14-11-9-7-8-10-12-15-30-29-21-20-28(34-4)24-31(29)36-25-32(30,2)26-16-18-27(33-3)19-17-26/h16-20,24,29-30H,5-15,21-23,25H2,1-4H3. The summed E-state index contributed by atoms with van der Waals surface area (Å²) in [6.45, 7) is 4.80. The van der Waals surface area contributed by atoms with Gasteiger partial charge in [0.2, 0.25) is 0 Å². The number of rotatable bonds is 17. The van der Waals surface area contributed by atoms with Crippen molar-refractivity contribution < 1.29 is 9.47 Å². The normalized spacial score (nSPS) is 23.6. The van der Waals surface area contributed by atoms with Crippen molar-refractivity contribution in [1.29, 1.82) is 0 Å². The fourth-order valence-corrected chi connectivity index (χ4v) is 8.44. The molecule has 0 saturated carbocycles. The maximum Gasteiger partial charge on any atom is 0.118 e. The molecule has 0 bridgehead atoms. The Morgan fingerprint density at radius 2 is 1.56 bits per heavy atom. The van der Waals surface area contributed by atoms with E-state index in [2.05, 4.69) is 73.8 Å². The van der Waals surface area contributed by atoms with Crippen molar-refractivity contribution in [3.63, 3.8) is 0 Å². The van der Waals surface area contributed by atoms with Gasteiger partial charge in [0.25, 0.3) is 0 Å². The molecule has 3 rings (SSSR count). The second kappa shape index (κ2) is 16.1. The number of methoxy groups -OCH3 is 2. The zero-order valence-electron chi connectivity index (χ0n) is 23.4. The molecule has 0 amide bonds. The van der Waals surface area contributed by atoms with Crippen LogP contribution in [0.4, 0.5) is 0 Å². The van der Waals surface area contributed by atoms with Crippen LogP contribution in [0.15, 0.2) is 47.1 Å². The molecule has 3 atom stereocenters. The molecule has 0 spiro atoms. The summed E-state index contributed by atoms with van der Waals surface area (Å²) in [4.78, 5) is 1.54. The Bertz CT molecular complexity index is 816. The van der Waals surface area contributed by atoms with Gasteiger partial charge in [-0.3, -0.25) is 0 Å². The van der Waals surface area contributed by atoms with Crippen LogP contribution >= 0.6 is 23.5 Å². The lowest BCUT2D eigenvalue weighted by Crippen LogP contribution is -2.43. The fourth-order valence-electron chi connectivity index (χ4n) is 5.90. The van der Waals surface area contributed by atoms with E-state index in [0.717, 1.165) is 23.7 Å². The highest BCUT2D eigenvalue weighted by atomic mass is 32.2. The molecule has 0 N–H and O–H groups in total. The summed E-state index contributed by atoms with van der Waals surface area (Å²) in [5, 5.41) is 0. The lowest BCUT2D eigenvalue weighted by atomic mass is 9.64. The van der Waals surface area contributed by atoms with E-state index in [1.165, 1.54) is 92.6 Å². The highest BCUT2D eigenvalue weighted by molar-refractivity contribution is 8.03. The third-order valence-electron chi connectivity index (χ3n) is 8.25. The molecule has 3 unspecified atom stereocenters. The van der Waals surface area contributed by atoms with E-state index in [-0.39, 0.29) is 5.41 Å². The molecule has 1 aromatic rings. The predicted molar refractivity (Wildman–Crippen MR) is 161 cm³/mol. The van der Waals surface area contributed by atoms with Gasteiger partial charge in [-0.2, -0.15) is 11.8 Å². The van der Waals surface area contributed by atoms with Crippen molar-refractivity contribution in [2.24, 2.45) is 11.8 Å². The molecular formula is C32H50O2S2. The molecule has 1 fully saturated rings. The zero-order valence-corrected chi connectivity index (χ0v) is 25.0. The largest absolute Gasteiger partial charge is 0.497 e. The summed E-state index contributed by atoms with van der Waals surface area (Å²) < 4.78 is 11.0. The van der Waals surface area contributed by atoms with Gasteiger partial charge in [-0.25, -0.2) is 0 Å². The number of fused-ring (bicyclic) bond motifs is 1. The first-order chi connectivity index (χ1) is 17.6. The van der Waals surface area contributed by atoms with Crippen molar-refractivity contribution in [1.82, 2.24) is 0 Å². The second-order valence-corrected chi connectivity index (χ2v) is 13.1. The monoisotopic (exact) mass is 530 g/mol. The van der Waals surface area contributed by atoms with E-state index in [4.69, 9.17) is 9.47 Å². The third-order valence-corrected chi connectivity index (χ3v) is 10.9. The van der Waals surface area contributed by atoms with Crippen molar-refractivity contribution >= 4 is 23.5 Å². The van der Waals surface area contributed by atoms with E-state index < -0.39 is 0 Å². The van der Waals surface area contributed by atoms with Crippen LogP contribution in [0.25, 0.3) is 0 Å². The van der Waals surface area contributed by atoms with E-state index in [1.54, 1.807) is 14.2 Å². The first-order valence-electron chi connectivity index (χ1n) is 14.4. The minimum Gasteiger partial charge on any atom is -0.497 e. The first-order valence-corrected chi connectivity index (χ1v) is 16.6. The van der Waals surface area contributed by atoms with Crippen LogP contribution < -0.4 is 4.74 Å². The van der Waals surface area contributed by atoms with Gasteiger partial charge in [-0.15, -0.1) is 11.8 Å². The molecule has 1 heterocycles. The van der Waals surface area contributed by atoms with Gasteiger partial charge in [0.1, 0.15) is 11.5 Å². The Morgan fingerprint density at radius 1 is 0.889 bits per heavy atom. The van der Waals surface area contributed by atoms with E-state index >= 15 is 0 Å². The molecule has 2 aliphatic rings. The zero-order chi connectivity index (χ0) is 25.6. The summed E-state index contributed by atoms with van der Waals surface area (Å²) in [7, 11) is 3.55. The number of benzene rings is 1. The van der Waals surface area contributed by atoms with Crippen molar-refractivity contribution in [3.05, 3.63) is 52.6 Å².